The van der Waals surface area contributed by atoms with Gasteiger partial charge in [-0.25, -0.2) is 10.9 Å². The Bertz CT molecular complexity index is 272. The van der Waals surface area contributed by atoms with Crippen LogP contribution >= 0.6 is 11.6 Å². The van der Waals surface area contributed by atoms with Crippen LogP contribution in [-0.2, 0) is 4.74 Å². The molecule has 0 aliphatic carbocycles. The summed E-state index contributed by atoms with van der Waals surface area (Å²) in [5, 5.41) is 2.38. The minimum Gasteiger partial charge on any atom is -0.450 e. The summed E-state index contributed by atoms with van der Waals surface area (Å²) in [6.07, 6.45) is -0.426. The van der Waals surface area contributed by atoms with Crippen molar-refractivity contribution in [2.24, 2.45) is 0 Å². The van der Waals surface area contributed by atoms with Crippen LogP contribution in [0.2, 0.25) is 0 Å². The second-order valence-corrected chi connectivity index (χ2v) is 3.31. The first-order valence-electron chi connectivity index (χ1n) is 4.50. The van der Waals surface area contributed by atoms with E-state index in [0.717, 1.165) is 5.56 Å². The lowest BCUT2D eigenvalue weighted by Crippen LogP contribution is -2.27. The zero-order valence-corrected chi connectivity index (χ0v) is 8.75. The van der Waals surface area contributed by atoms with Gasteiger partial charge in [0.15, 0.2) is 0 Å². The second-order valence-electron chi connectivity index (χ2n) is 2.79. The van der Waals surface area contributed by atoms with E-state index >= 15 is 0 Å². The average molecular weight is 215 g/mol. The Hall–Kier alpha value is -1.09. The molecule has 1 aromatic rings. The van der Waals surface area contributed by atoms with Crippen molar-refractivity contribution in [3.63, 3.8) is 0 Å². The maximum atomic E-state index is 10.9. The smallest absolute Gasteiger partial charge is 0.407 e. The maximum absolute atomic E-state index is 10.9. The summed E-state index contributed by atoms with van der Waals surface area (Å²) in [5.74, 6) is 0. The van der Waals surface area contributed by atoms with E-state index in [9.17, 15) is 4.79 Å². The highest BCUT2D eigenvalue weighted by molar-refractivity contribution is 6.21. The predicted molar refractivity (Wildman–Crippen MR) is 55.7 cm³/mol. The van der Waals surface area contributed by atoms with Gasteiger partial charge in [0.25, 0.3) is 0 Å². The number of amides is 1. The number of hydrogen-bond acceptors (Lipinski definition) is 2. The summed E-state index contributed by atoms with van der Waals surface area (Å²) in [4.78, 5) is 10.9. The number of carbonyl (C=O) groups excluding carboxylic acids is 1. The average Bonchev–Trinajstić information content (AvgIpc) is 2.67. The van der Waals surface area contributed by atoms with E-state index in [1.807, 2.05) is 24.3 Å². The van der Waals surface area contributed by atoms with E-state index in [-0.39, 0.29) is 5.38 Å². The van der Waals surface area contributed by atoms with Crippen molar-refractivity contribution in [1.29, 1.82) is 0 Å². The number of halogens is 1. The number of nitrogens with one attached hydrogen (secondary N) is 1. The molecule has 0 aliphatic rings. The molecule has 1 unspecified atom stereocenters. The Balaban J connectivity index is 2.28. The molecular formula is C10H13ClNO2-. The third-order valence-electron chi connectivity index (χ3n) is 1.75. The fourth-order valence-electron chi connectivity index (χ4n) is 1.07. The molecule has 1 atom stereocenters. The van der Waals surface area contributed by atoms with E-state index in [0.29, 0.717) is 13.2 Å². The topological polar surface area (TPSA) is 38.3 Å². The highest BCUT2D eigenvalue weighted by Gasteiger charge is 2.04. The zero-order chi connectivity index (χ0) is 10.4. The van der Waals surface area contributed by atoms with E-state index in [1.54, 1.807) is 6.92 Å². The Morgan fingerprint density at radius 3 is 3.14 bits per heavy atom. The van der Waals surface area contributed by atoms with Gasteiger partial charge < -0.3 is 10.1 Å². The minimum absolute atomic E-state index is 0.200. The van der Waals surface area contributed by atoms with Crippen LogP contribution in [0.5, 0.6) is 0 Å². The summed E-state index contributed by atoms with van der Waals surface area (Å²) in [7, 11) is 0. The van der Waals surface area contributed by atoms with Crippen LogP contribution in [0.3, 0.4) is 0 Å². The molecule has 4 heteroatoms. The van der Waals surface area contributed by atoms with Crippen LogP contribution in [0.1, 0.15) is 17.9 Å². The van der Waals surface area contributed by atoms with Gasteiger partial charge in [-0.15, -0.1) is 11.6 Å². The second kappa shape index (κ2) is 5.60. The van der Waals surface area contributed by atoms with Gasteiger partial charge >= 0.3 is 6.09 Å². The molecule has 0 saturated heterocycles. The first-order valence-corrected chi connectivity index (χ1v) is 4.94. The SMILES string of the molecule is CCOC(=O)NCC(Cl)c1cc[cH-]c1. The largest absolute Gasteiger partial charge is 0.450 e. The molecule has 14 heavy (non-hydrogen) atoms. The van der Waals surface area contributed by atoms with Gasteiger partial charge in [0.05, 0.1) is 6.61 Å². The van der Waals surface area contributed by atoms with Gasteiger partial charge in [0, 0.05) is 11.9 Å². The van der Waals surface area contributed by atoms with Crippen molar-refractivity contribution in [3.05, 3.63) is 29.8 Å². The number of carbonyl (C=O) groups is 1. The first kappa shape index (κ1) is 11.0. The standard InChI is InChI=1S/C10H13ClNO2/c1-2-14-10(13)12-7-9(11)8-5-3-4-6-8/h3-6,9H,2,7H2,1H3,(H,12,13)/q-1. The van der Waals surface area contributed by atoms with Gasteiger partial charge in [-0.05, 0) is 6.92 Å². The molecule has 0 heterocycles. The molecular weight excluding hydrogens is 202 g/mol. The molecule has 78 valence electrons. The minimum atomic E-state index is -0.426. The van der Waals surface area contributed by atoms with Crippen molar-refractivity contribution in [2.75, 3.05) is 13.2 Å². The van der Waals surface area contributed by atoms with E-state index < -0.39 is 6.09 Å². The number of rotatable bonds is 4. The van der Waals surface area contributed by atoms with Crippen LogP contribution < -0.4 is 5.32 Å². The maximum Gasteiger partial charge on any atom is 0.407 e. The molecule has 0 aliphatic heterocycles. The number of alkyl carbamates (subject to hydrolysis) is 1. The molecule has 1 aromatic carbocycles. The normalized spacial score (nSPS) is 12.1. The highest BCUT2D eigenvalue weighted by atomic mass is 35.5. The van der Waals surface area contributed by atoms with Gasteiger partial charge in [-0.2, -0.15) is 23.8 Å². The molecule has 1 N–H and O–H groups in total. The van der Waals surface area contributed by atoms with Gasteiger partial charge in [0.1, 0.15) is 0 Å². The molecule has 0 saturated carbocycles. The Kier molecular flexibility index (Phi) is 4.40. The van der Waals surface area contributed by atoms with Crippen molar-refractivity contribution >= 4 is 17.7 Å². The summed E-state index contributed by atoms with van der Waals surface area (Å²) in [6.45, 7) is 2.51. The van der Waals surface area contributed by atoms with Crippen LogP contribution in [0.15, 0.2) is 24.3 Å². The highest BCUT2D eigenvalue weighted by Crippen LogP contribution is 2.19. The molecule has 0 aromatic heterocycles. The summed E-state index contributed by atoms with van der Waals surface area (Å²) in [6, 6.07) is 7.67. The Morgan fingerprint density at radius 1 is 1.79 bits per heavy atom. The van der Waals surface area contributed by atoms with E-state index in [4.69, 9.17) is 16.3 Å². The summed E-state index contributed by atoms with van der Waals surface area (Å²) in [5.41, 5.74) is 1.00. The molecule has 1 amide bonds. The van der Waals surface area contributed by atoms with E-state index in [2.05, 4.69) is 5.32 Å². The van der Waals surface area contributed by atoms with Crippen LogP contribution in [0.4, 0.5) is 4.79 Å². The lowest BCUT2D eigenvalue weighted by atomic mass is 10.2. The molecule has 0 spiro atoms. The van der Waals surface area contributed by atoms with Crippen LogP contribution in [0.25, 0.3) is 0 Å². The number of hydrogen-bond donors (Lipinski definition) is 1. The lowest BCUT2D eigenvalue weighted by Gasteiger charge is -2.13. The van der Waals surface area contributed by atoms with Gasteiger partial charge in [-0.1, -0.05) is 0 Å². The molecule has 0 fully saturated rings. The van der Waals surface area contributed by atoms with Crippen molar-refractivity contribution in [2.45, 2.75) is 12.3 Å². The van der Waals surface area contributed by atoms with Crippen molar-refractivity contribution in [3.8, 4) is 0 Å². The van der Waals surface area contributed by atoms with Crippen LogP contribution in [-0.4, -0.2) is 19.2 Å². The fraction of sp³-hybridized carbons (Fsp3) is 0.400. The zero-order valence-electron chi connectivity index (χ0n) is 8.00. The first-order chi connectivity index (χ1) is 6.74. The van der Waals surface area contributed by atoms with Crippen molar-refractivity contribution in [1.82, 2.24) is 5.32 Å². The van der Waals surface area contributed by atoms with Gasteiger partial charge in [-0.3, -0.25) is 0 Å². The summed E-state index contributed by atoms with van der Waals surface area (Å²) < 4.78 is 4.70. The number of alkyl halides is 1. The third-order valence-corrected chi connectivity index (χ3v) is 2.16. The Morgan fingerprint density at radius 2 is 2.57 bits per heavy atom. The van der Waals surface area contributed by atoms with Crippen molar-refractivity contribution < 1.29 is 9.53 Å². The molecule has 0 radical (unpaired) electrons. The predicted octanol–water partition coefficient (Wildman–Crippen LogP) is 2.43. The Labute approximate surface area is 88.4 Å². The fourth-order valence-corrected chi connectivity index (χ4v) is 1.29. The molecule has 0 bridgehead atoms. The van der Waals surface area contributed by atoms with Crippen LogP contribution in [0, 0.1) is 0 Å². The monoisotopic (exact) mass is 214 g/mol. The third kappa shape index (κ3) is 3.34. The molecule has 1 rings (SSSR count). The quantitative estimate of drug-likeness (QED) is 0.618. The summed E-state index contributed by atoms with van der Waals surface area (Å²) >= 11 is 6.02. The number of ether oxygens (including phenoxy) is 1. The van der Waals surface area contributed by atoms with E-state index in [1.165, 1.54) is 0 Å². The lowest BCUT2D eigenvalue weighted by molar-refractivity contribution is 0.152. The molecule has 3 nitrogen and oxygen atoms in total. The van der Waals surface area contributed by atoms with Gasteiger partial charge in [0.2, 0.25) is 0 Å².